The third-order valence-electron chi connectivity index (χ3n) is 12.8. The highest BCUT2D eigenvalue weighted by molar-refractivity contribution is 7.87. The van der Waals surface area contributed by atoms with Gasteiger partial charge < -0.3 is 10.5 Å². The van der Waals surface area contributed by atoms with Gasteiger partial charge in [-0.25, -0.2) is 4.98 Å². The van der Waals surface area contributed by atoms with Gasteiger partial charge in [0.1, 0.15) is 16.3 Å². The van der Waals surface area contributed by atoms with Crippen molar-refractivity contribution in [2.24, 2.45) is 33.5 Å². The van der Waals surface area contributed by atoms with Crippen LogP contribution in [-0.2, 0) is 34.6 Å². The molecule has 266 valence electrons. The maximum Gasteiger partial charge on any atom is 0.275 e. The zero-order chi connectivity index (χ0) is 35.5. The van der Waals surface area contributed by atoms with E-state index in [9.17, 15) is 26.4 Å². The lowest BCUT2D eigenvalue weighted by Crippen LogP contribution is -2.45. The Morgan fingerprint density at radius 1 is 0.894 bits per heavy atom. The van der Waals surface area contributed by atoms with Gasteiger partial charge in [-0.3, -0.25) is 23.6 Å². The fraction of sp³-hybridized carbons (Fsp3) is 0.788. The minimum atomic E-state index is -4.24. The van der Waals surface area contributed by atoms with Crippen molar-refractivity contribution in [2.75, 3.05) is 25.4 Å². The van der Waals surface area contributed by atoms with Crippen LogP contribution in [0.1, 0.15) is 99.2 Å². The van der Waals surface area contributed by atoms with E-state index in [2.05, 4.69) is 23.7 Å². The predicted octanol–water partition coefficient (Wildman–Crippen LogP) is 4.37. The van der Waals surface area contributed by atoms with E-state index in [-0.39, 0.29) is 40.3 Å². The summed E-state index contributed by atoms with van der Waals surface area (Å²) in [6.45, 7) is 18.6. The number of morpholine rings is 1. The monoisotopic (exact) mass is 699 g/mol. The highest BCUT2D eigenvalue weighted by Gasteiger charge is 2.70. The summed E-state index contributed by atoms with van der Waals surface area (Å²) < 4.78 is 68.9. The van der Waals surface area contributed by atoms with Gasteiger partial charge in [-0.1, -0.05) is 54.5 Å². The molecule has 0 aromatic carbocycles. The highest BCUT2D eigenvalue weighted by Crippen LogP contribution is 2.65. The molecule has 0 spiro atoms. The number of ketones is 2. The lowest BCUT2D eigenvalue weighted by atomic mass is 9.70. The fourth-order valence-electron chi connectivity index (χ4n) is 8.91. The van der Waals surface area contributed by atoms with Crippen molar-refractivity contribution in [3.63, 3.8) is 0 Å². The van der Waals surface area contributed by atoms with Crippen molar-refractivity contribution in [1.82, 2.24) is 9.88 Å². The van der Waals surface area contributed by atoms with Gasteiger partial charge in [-0.15, -0.1) is 0 Å². The number of carbonyl (C=O) groups is 2. The molecule has 8 atom stereocenters. The number of nitrogen functional groups attached to an aromatic ring is 1. The van der Waals surface area contributed by atoms with Crippen LogP contribution in [-0.4, -0.2) is 83.6 Å². The molecule has 1 aromatic rings. The van der Waals surface area contributed by atoms with Crippen molar-refractivity contribution in [1.29, 1.82) is 0 Å². The van der Waals surface area contributed by atoms with Crippen molar-refractivity contribution < 1.29 is 40.3 Å². The number of pyridine rings is 1. The Labute approximate surface area is 280 Å². The highest BCUT2D eigenvalue weighted by atomic mass is 32.2. The summed E-state index contributed by atoms with van der Waals surface area (Å²) in [4.78, 5) is 30.6. The quantitative estimate of drug-likeness (QED) is 0.368. The van der Waals surface area contributed by atoms with E-state index in [4.69, 9.17) is 19.6 Å². The molecular weight excluding hydrogens is 647 g/mol. The third-order valence-corrected chi connectivity index (χ3v) is 15.2. The smallest absolute Gasteiger partial charge is 0.275 e. The first-order chi connectivity index (χ1) is 21.4. The molecule has 1 saturated heterocycles. The summed E-state index contributed by atoms with van der Waals surface area (Å²) in [6, 6.07) is 4.35. The maximum atomic E-state index is 12.0. The van der Waals surface area contributed by atoms with Crippen LogP contribution in [0, 0.1) is 33.5 Å². The number of ether oxygens (including phenoxy) is 1. The van der Waals surface area contributed by atoms with Crippen LogP contribution in [0.2, 0.25) is 0 Å². The second-order valence-corrected chi connectivity index (χ2v) is 18.8. The van der Waals surface area contributed by atoms with Gasteiger partial charge >= 0.3 is 0 Å². The molecule has 47 heavy (non-hydrogen) atoms. The number of Topliss-reactive ketones (excluding diaryl/α,β-unsaturated/α-hetero) is 2. The molecule has 4 N–H and O–H groups in total. The molecule has 14 heteroatoms. The van der Waals surface area contributed by atoms with Crippen molar-refractivity contribution in [3.8, 4) is 0 Å². The Morgan fingerprint density at radius 2 is 1.36 bits per heavy atom. The summed E-state index contributed by atoms with van der Waals surface area (Å²) in [7, 11) is -8.48. The van der Waals surface area contributed by atoms with Gasteiger partial charge in [0.25, 0.3) is 20.2 Å². The fourth-order valence-corrected chi connectivity index (χ4v) is 11.8. The lowest BCUT2D eigenvalue weighted by molar-refractivity contribution is -0.128. The molecular formula is C33H53N3O9S2. The minimum Gasteiger partial charge on any atom is -0.384 e. The standard InChI is InChI=1S/C13H21N3O.2C10H16O4S/c1-3-6-16-8-12(17-9-10(16)2)11-4-5-13(14)15-7-11;2*1-9(2)6-4-5-10(9,3)8(11)7(6)15(12,13)14/h4-5,7,10,12H,3,6,8-9H2,1-2H3,(H2,14,15);2*6-7H,4-5H2,1-3H3,(H,12,13,14)/t10-,12-;2*6?,7?,10-/m011/s1. The first kappa shape index (κ1) is 37.8. The van der Waals surface area contributed by atoms with Crippen molar-refractivity contribution >= 4 is 37.6 Å². The normalized spacial score (nSPS) is 37.2. The van der Waals surface area contributed by atoms with Crippen LogP contribution in [0.25, 0.3) is 0 Å². The predicted molar refractivity (Wildman–Crippen MR) is 179 cm³/mol. The molecule has 2 heterocycles. The van der Waals surface area contributed by atoms with Gasteiger partial charge in [0.15, 0.2) is 11.6 Å². The van der Waals surface area contributed by atoms with E-state index in [1.54, 1.807) is 0 Å². The molecule has 1 aliphatic heterocycles. The average Bonchev–Trinajstić information content (AvgIpc) is 3.45. The first-order valence-corrected chi connectivity index (χ1v) is 19.5. The number of nitrogens with two attached hydrogens (primary N) is 1. The number of carbonyl (C=O) groups excluding carboxylic acids is 2. The molecule has 1 aromatic heterocycles. The van der Waals surface area contributed by atoms with Crippen LogP contribution in [0.5, 0.6) is 0 Å². The Hall–Kier alpha value is -1.97. The minimum absolute atomic E-state index is 0.130. The Balaban J connectivity index is 0.000000160. The van der Waals surface area contributed by atoms with E-state index in [1.165, 1.54) is 6.42 Å². The number of anilines is 1. The third kappa shape index (κ3) is 6.42. The van der Waals surface area contributed by atoms with E-state index in [0.717, 1.165) is 38.1 Å². The molecule has 6 rings (SSSR count). The molecule has 5 aliphatic rings. The molecule has 4 bridgehead atoms. The zero-order valence-corrected chi connectivity index (χ0v) is 30.5. The summed E-state index contributed by atoms with van der Waals surface area (Å²) in [6.07, 6.45) is 6.01. The second kappa shape index (κ2) is 12.7. The molecule has 0 radical (unpaired) electrons. The van der Waals surface area contributed by atoms with Crippen LogP contribution in [0.3, 0.4) is 0 Å². The SMILES string of the molecule is CC1(C)C2CC[C@]1(C)C(=O)C2S(=O)(=O)O.CC1(C)C2CC[C@]1(C)C(=O)C2S(=O)(=O)O.CCCN1C[C@@H](c2ccc(N)nc2)OC[C@@H]1C. The zero-order valence-electron chi connectivity index (χ0n) is 28.9. The Kier molecular flexibility index (Phi) is 10.2. The second-order valence-electron chi connectivity index (χ2n) is 15.7. The van der Waals surface area contributed by atoms with E-state index in [0.29, 0.717) is 24.7 Å². The molecule has 12 nitrogen and oxygen atoms in total. The van der Waals surface area contributed by atoms with E-state index < -0.39 is 41.6 Å². The first-order valence-electron chi connectivity index (χ1n) is 16.5. The van der Waals surface area contributed by atoms with Crippen LogP contribution >= 0.6 is 0 Å². The molecule has 4 saturated carbocycles. The number of hydrogen-bond donors (Lipinski definition) is 3. The van der Waals surface area contributed by atoms with Gasteiger partial charge in [0, 0.05) is 35.2 Å². The van der Waals surface area contributed by atoms with E-state index >= 15 is 0 Å². The van der Waals surface area contributed by atoms with Crippen molar-refractivity contribution in [3.05, 3.63) is 23.9 Å². The number of nitrogens with zero attached hydrogens (tertiary/aromatic N) is 2. The lowest BCUT2D eigenvalue weighted by Gasteiger charge is -2.38. The Morgan fingerprint density at radius 3 is 1.68 bits per heavy atom. The largest absolute Gasteiger partial charge is 0.384 e. The van der Waals surface area contributed by atoms with Gasteiger partial charge in [-0.05, 0) is 74.3 Å². The van der Waals surface area contributed by atoms with Gasteiger partial charge in [-0.2, -0.15) is 16.8 Å². The number of aromatic nitrogens is 1. The summed E-state index contributed by atoms with van der Waals surface area (Å²) in [5.41, 5.74) is 4.88. The van der Waals surface area contributed by atoms with Crippen LogP contribution in [0.15, 0.2) is 18.3 Å². The number of fused-ring (bicyclic) bond motifs is 4. The molecule has 0 amide bonds. The van der Waals surface area contributed by atoms with Gasteiger partial charge in [0.2, 0.25) is 0 Å². The van der Waals surface area contributed by atoms with Crippen molar-refractivity contribution in [2.45, 2.75) is 110 Å². The molecule has 5 fully saturated rings. The van der Waals surface area contributed by atoms with Gasteiger partial charge in [0.05, 0.1) is 12.7 Å². The maximum absolute atomic E-state index is 12.0. The number of hydrogen-bond acceptors (Lipinski definition) is 10. The topological polar surface area (TPSA) is 194 Å². The molecule has 4 unspecified atom stereocenters. The molecule has 4 aliphatic carbocycles. The summed E-state index contributed by atoms with van der Waals surface area (Å²) >= 11 is 0. The summed E-state index contributed by atoms with van der Waals surface area (Å²) in [5, 5.41) is -2.38. The summed E-state index contributed by atoms with van der Waals surface area (Å²) in [5.74, 6) is -0.504. The Bertz CT molecular complexity index is 1500. The van der Waals surface area contributed by atoms with Crippen LogP contribution < -0.4 is 5.73 Å². The average molecular weight is 700 g/mol. The number of rotatable bonds is 5. The van der Waals surface area contributed by atoms with Crippen LogP contribution in [0.4, 0.5) is 5.82 Å². The van der Waals surface area contributed by atoms with E-state index in [1.807, 2.05) is 59.9 Å².